The van der Waals surface area contributed by atoms with Gasteiger partial charge < -0.3 is 15.3 Å². The number of carbonyl (C=O) groups is 1. The smallest absolute Gasteiger partial charge is 0.269 e. The van der Waals surface area contributed by atoms with E-state index in [1.54, 1.807) is 13.1 Å². The van der Waals surface area contributed by atoms with Crippen LogP contribution in [0.15, 0.2) is 24.3 Å². The van der Waals surface area contributed by atoms with Gasteiger partial charge in [-0.15, -0.1) is 0 Å². The highest BCUT2D eigenvalue weighted by atomic mass is 16.3. The molecule has 7 heteroatoms. The van der Waals surface area contributed by atoms with Crippen molar-refractivity contribution in [2.45, 2.75) is 32.0 Å². The van der Waals surface area contributed by atoms with E-state index in [0.29, 0.717) is 18.2 Å². The normalized spacial score (nSPS) is 18.2. The van der Waals surface area contributed by atoms with Gasteiger partial charge in [0.05, 0.1) is 24.5 Å². The summed E-state index contributed by atoms with van der Waals surface area (Å²) in [5.41, 5.74) is 2.27. The largest absolute Gasteiger partial charge is 0.386 e. The van der Waals surface area contributed by atoms with E-state index in [9.17, 15) is 9.90 Å². The molecule has 2 aliphatic rings. The third-order valence-electron chi connectivity index (χ3n) is 4.71. The molecule has 0 radical (unpaired) electrons. The molecule has 0 unspecified atom stereocenters. The molecule has 7 nitrogen and oxygen atoms in total. The fraction of sp³-hybridized carbons (Fsp3) is 0.471. The van der Waals surface area contributed by atoms with Crippen molar-refractivity contribution >= 4 is 11.7 Å². The number of rotatable bonds is 4. The third-order valence-corrected chi connectivity index (χ3v) is 4.71. The van der Waals surface area contributed by atoms with Gasteiger partial charge in [-0.05, 0) is 37.0 Å². The molecule has 2 aromatic rings. The van der Waals surface area contributed by atoms with Crippen LogP contribution < -0.4 is 10.2 Å². The summed E-state index contributed by atoms with van der Waals surface area (Å²) in [6.07, 6.45) is 1.74. The van der Waals surface area contributed by atoms with Crippen LogP contribution in [0.1, 0.15) is 40.8 Å². The van der Waals surface area contributed by atoms with Crippen molar-refractivity contribution < 1.29 is 9.90 Å². The van der Waals surface area contributed by atoms with Crippen LogP contribution >= 0.6 is 0 Å². The van der Waals surface area contributed by atoms with Gasteiger partial charge in [-0.3, -0.25) is 9.48 Å². The molecule has 1 aliphatic heterocycles. The quantitative estimate of drug-likeness (QED) is 0.879. The molecule has 2 N–H and O–H groups in total. The summed E-state index contributed by atoms with van der Waals surface area (Å²) in [6.45, 7) is 2.20. The minimum absolute atomic E-state index is 0.186. The zero-order chi connectivity index (χ0) is 16.7. The summed E-state index contributed by atoms with van der Waals surface area (Å²) in [5.74, 6) is 0.977. The number of nitrogens with one attached hydrogen (secondary N) is 1. The predicted molar refractivity (Wildman–Crippen MR) is 88.6 cm³/mol. The number of aromatic nitrogens is 3. The van der Waals surface area contributed by atoms with Gasteiger partial charge in [-0.2, -0.15) is 5.10 Å². The van der Waals surface area contributed by atoms with Crippen LogP contribution in [-0.4, -0.2) is 39.4 Å². The van der Waals surface area contributed by atoms with Crippen molar-refractivity contribution in [1.82, 2.24) is 20.1 Å². The fourth-order valence-electron chi connectivity index (χ4n) is 3.14. The van der Waals surface area contributed by atoms with Crippen molar-refractivity contribution in [1.29, 1.82) is 0 Å². The van der Waals surface area contributed by atoms with E-state index in [4.69, 9.17) is 0 Å². The molecule has 1 atom stereocenters. The van der Waals surface area contributed by atoms with Gasteiger partial charge in [-0.1, -0.05) is 6.07 Å². The van der Waals surface area contributed by atoms with E-state index in [-0.39, 0.29) is 5.91 Å². The first-order valence-corrected chi connectivity index (χ1v) is 8.34. The van der Waals surface area contributed by atoms with Gasteiger partial charge >= 0.3 is 0 Å². The molecule has 2 aromatic heterocycles. The zero-order valence-electron chi connectivity index (χ0n) is 13.6. The summed E-state index contributed by atoms with van der Waals surface area (Å²) in [5, 5.41) is 17.4. The van der Waals surface area contributed by atoms with Crippen molar-refractivity contribution in [2.24, 2.45) is 5.92 Å². The topological polar surface area (TPSA) is 83.3 Å². The zero-order valence-corrected chi connectivity index (χ0v) is 13.6. The molecule has 24 heavy (non-hydrogen) atoms. The number of pyridine rings is 1. The molecular weight excluding hydrogens is 306 g/mol. The highest BCUT2D eigenvalue weighted by Gasteiger charge is 2.33. The van der Waals surface area contributed by atoms with Crippen LogP contribution in [0.2, 0.25) is 0 Å². The second-order valence-electron chi connectivity index (χ2n) is 6.45. The van der Waals surface area contributed by atoms with E-state index in [0.717, 1.165) is 43.1 Å². The molecule has 126 valence electrons. The number of anilines is 1. The molecule has 0 bridgehead atoms. The Hall–Kier alpha value is -2.41. The van der Waals surface area contributed by atoms with Gasteiger partial charge in [0.1, 0.15) is 17.6 Å². The molecular formula is C17H21N5O2. The molecule has 0 saturated heterocycles. The maximum atomic E-state index is 11.8. The van der Waals surface area contributed by atoms with Gasteiger partial charge in [0.15, 0.2) is 0 Å². The van der Waals surface area contributed by atoms with Gasteiger partial charge in [0, 0.05) is 13.6 Å². The van der Waals surface area contributed by atoms with Crippen molar-refractivity contribution in [3.63, 3.8) is 0 Å². The van der Waals surface area contributed by atoms with Crippen LogP contribution in [0.5, 0.6) is 0 Å². The van der Waals surface area contributed by atoms with E-state index in [2.05, 4.69) is 20.3 Å². The van der Waals surface area contributed by atoms with Gasteiger partial charge in [-0.25, -0.2) is 4.98 Å². The number of nitrogens with zero attached hydrogens (tertiary/aromatic N) is 4. The summed E-state index contributed by atoms with van der Waals surface area (Å²) in [4.78, 5) is 18.4. The monoisotopic (exact) mass is 327 g/mol. The molecule has 1 aliphatic carbocycles. The fourth-order valence-corrected chi connectivity index (χ4v) is 3.14. The molecule has 0 aromatic carbocycles. The Morgan fingerprint density at radius 2 is 2.21 bits per heavy atom. The van der Waals surface area contributed by atoms with Crippen molar-refractivity contribution in [3.05, 3.63) is 41.3 Å². The third kappa shape index (κ3) is 2.75. The minimum atomic E-state index is -0.439. The lowest BCUT2D eigenvalue weighted by atomic mass is 10.1. The molecule has 3 heterocycles. The Morgan fingerprint density at radius 3 is 2.96 bits per heavy atom. The Bertz CT molecular complexity index is 768. The number of aliphatic hydroxyl groups is 1. The Labute approximate surface area is 140 Å². The standard InChI is InChI=1S/C17H21N5O2/c1-18-17(24)13-3-2-4-15(19-13)21-7-8-22-12(10-21)9-14(20-22)16(23)11-5-6-11/h2-4,9,11,16,23H,5-8,10H2,1H3,(H,18,24)/t16-/m0/s1. The average molecular weight is 327 g/mol. The Balaban J connectivity index is 1.54. The van der Waals surface area contributed by atoms with Crippen LogP contribution in [0.3, 0.4) is 0 Å². The Morgan fingerprint density at radius 1 is 1.38 bits per heavy atom. The first-order chi connectivity index (χ1) is 11.7. The van der Waals surface area contributed by atoms with Crippen molar-refractivity contribution in [2.75, 3.05) is 18.5 Å². The molecule has 1 amide bonds. The van der Waals surface area contributed by atoms with E-state index < -0.39 is 6.10 Å². The van der Waals surface area contributed by atoms with Crippen molar-refractivity contribution in [3.8, 4) is 0 Å². The second-order valence-corrected chi connectivity index (χ2v) is 6.45. The maximum absolute atomic E-state index is 11.8. The van der Waals surface area contributed by atoms with Gasteiger partial charge in [0.2, 0.25) is 0 Å². The van der Waals surface area contributed by atoms with Crippen LogP contribution in [-0.2, 0) is 13.1 Å². The lowest BCUT2D eigenvalue weighted by molar-refractivity contribution is 0.0958. The number of fused-ring (bicyclic) bond motifs is 1. The lowest BCUT2D eigenvalue weighted by Gasteiger charge is -2.28. The maximum Gasteiger partial charge on any atom is 0.269 e. The van der Waals surface area contributed by atoms with Gasteiger partial charge in [0.25, 0.3) is 5.91 Å². The lowest BCUT2D eigenvalue weighted by Crippen LogP contribution is -2.34. The summed E-state index contributed by atoms with van der Waals surface area (Å²) in [6, 6.07) is 7.47. The average Bonchev–Trinajstić information content (AvgIpc) is 3.38. The molecule has 1 fully saturated rings. The van der Waals surface area contributed by atoms with E-state index >= 15 is 0 Å². The second kappa shape index (κ2) is 5.90. The van der Waals surface area contributed by atoms with Crippen LogP contribution in [0.4, 0.5) is 5.82 Å². The molecule has 4 rings (SSSR count). The van der Waals surface area contributed by atoms with E-state index in [1.807, 2.05) is 22.9 Å². The highest BCUT2D eigenvalue weighted by Crippen LogP contribution is 2.40. The summed E-state index contributed by atoms with van der Waals surface area (Å²) < 4.78 is 1.97. The number of amides is 1. The first kappa shape index (κ1) is 15.1. The summed E-state index contributed by atoms with van der Waals surface area (Å²) >= 11 is 0. The number of hydrogen-bond donors (Lipinski definition) is 2. The summed E-state index contributed by atoms with van der Waals surface area (Å²) in [7, 11) is 1.60. The minimum Gasteiger partial charge on any atom is -0.386 e. The molecule has 1 saturated carbocycles. The number of aliphatic hydroxyl groups excluding tert-OH is 1. The SMILES string of the molecule is CNC(=O)c1cccc(N2CCn3nc([C@@H](O)C4CC4)cc3C2)n1. The number of carbonyl (C=O) groups excluding carboxylic acids is 1. The first-order valence-electron chi connectivity index (χ1n) is 8.34. The van der Waals surface area contributed by atoms with Crippen LogP contribution in [0, 0.1) is 5.92 Å². The van der Waals surface area contributed by atoms with E-state index in [1.165, 1.54) is 0 Å². The number of hydrogen-bond acceptors (Lipinski definition) is 5. The highest BCUT2D eigenvalue weighted by molar-refractivity contribution is 5.92. The molecule has 0 spiro atoms. The van der Waals surface area contributed by atoms with Crippen LogP contribution in [0.25, 0.3) is 0 Å². The Kier molecular flexibility index (Phi) is 3.72. The predicted octanol–water partition coefficient (Wildman–Crippen LogP) is 1.10.